The fraction of sp³-hybridized carbons (Fsp3) is 0.400. The quantitative estimate of drug-likeness (QED) is 0.824. The van der Waals surface area contributed by atoms with Crippen molar-refractivity contribution in [2.45, 2.75) is 39.2 Å². The molecule has 2 aromatic rings. The molecule has 4 heteroatoms. The van der Waals surface area contributed by atoms with E-state index in [1.54, 1.807) is 0 Å². The standard InChI is InChI=1S/C15H18N4/c1-3-13(9-15-11-19(4-2)18-17-15)14-7-5-12(10-16)6-8-14/h5-8,11,13H,3-4,9H2,1-2H3. The minimum atomic E-state index is 0.426. The van der Waals surface area contributed by atoms with Crippen molar-refractivity contribution in [3.63, 3.8) is 0 Å². The summed E-state index contributed by atoms with van der Waals surface area (Å²) < 4.78 is 1.85. The summed E-state index contributed by atoms with van der Waals surface area (Å²) in [5.41, 5.74) is 2.99. The smallest absolute Gasteiger partial charge is 0.0991 e. The van der Waals surface area contributed by atoms with Gasteiger partial charge in [0.05, 0.1) is 17.3 Å². The van der Waals surface area contributed by atoms with Gasteiger partial charge in [0.1, 0.15) is 0 Å². The van der Waals surface area contributed by atoms with Gasteiger partial charge in [-0.2, -0.15) is 5.26 Å². The Balaban J connectivity index is 2.12. The molecule has 19 heavy (non-hydrogen) atoms. The second-order valence-corrected chi connectivity index (χ2v) is 4.61. The van der Waals surface area contributed by atoms with E-state index in [9.17, 15) is 0 Å². The number of hydrogen-bond donors (Lipinski definition) is 0. The molecule has 0 saturated carbocycles. The van der Waals surface area contributed by atoms with Crippen molar-refractivity contribution in [3.05, 3.63) is 47.3 Å². The molecule has 2 rings (SSSR count). The van der Waals surface area contributed by atoms with E-state index in [2.05, 4.69) is 30.2 Å². The van der Waals surface area contributed by atoms with E-state index in [0.29, 0.717) is 11.5 Å². The van der Waals surface area contributed by atoms with E-state index < -0.39 is 0 Å². The van der Waals surface area contributed by atoms with Gasteiger partial charge in [0.25, 0.3) is 0 Å². The first-order valence-corrected chi connectivity index (χ1v) is 6.65. The predicted molar refractivity (Wildman–Crippen MR) is 73.6 cm³/mol. The van der Waals surface area contributed by atoms with Gasteiger partial charge in [-0.1, -0.05) is 24.3 Å². The molecule has 1 aromatic heterocycles. The number of nitrogens with zero attached hydrogens (tertiary/aromatic N) is 4. The summed E-state index contributed by atoms with van der Waals surface area (Å²) in [4.78, 5) is 0. The van der Waals surface area contributed by atoms with Crippen LogP contribution in [0.4, 0.5) is 0 Å². The number of aromatic nitrogens is 3. The average Bonchev–Trinajstić information content (AvgIpc) is 2.92. The zero-order valence-electron chi connectivity index (χ0n) is 11.4. The molecule has 0 spiro atoms. The van der Waals surface area contributed by atoms with Crippen molar-refractivity contribution < 1.29 is 0 Å². The Hall–Kier alpha value is -2.15. The highest BCUT2D eigenvalue weighted by atomic mass is 15.4. The van der Waals surface area contributed by atoms with Gasteiger partial charge in [-0.15, -0.1) is 5.10 Å². The van der Waals surface area contributed by atoms with Crippen molar-refractivity contribution in [3.8, 4) is 6.07 Å². The van der Waals surface area contributed by atoms with Crippen molar-refractivity contribution in [2.24, 2.45) is 0 Å². The Morgan fingerprint density at radius 3 is 2.53 bits per heavy atom. The normalized spacial score (nSPS) is 12.1. The number of rotatable bonds is 5. The lowest BCUT2D eigenvalue weighted by atomic mass is 9.91. The molecule has 1 atom stereocenters. The Kier molecular flexibility index (Phi) is 4.30. The molecule has 0 aliphatic carbocycles. The van der Waals surface area contributed by atoms with Crippen LogP contribution in [0.2, 0.25) is 0 Å². The van der Waals surface area contributed by atoms with E-state index in [1.165, 1.54) is 5.56 Å². The fourth-order valence-corrected chi connectivity index (χ4v) is 2.17. The highest BCUT2D eigenvalue weighted by Crippen LogP contribution is 2.23. The molecule has 0 aliphatic rings. The largest absolute Gasteiger partial charge is 0.253 e. The zero-order chi connectivity index (χ0) is 13.7. The SMILES string of the molecule is CCC(Cc1cn(CC)nn1)c1ccc(C#N)cc1. The maximum absolute atomic E-state index is 8.82. The molecule has 98 valence electrons. The first-order chi connectivity index (χ1) is 9.26. The molecule has 1 aromatic carbocycles. The van der Waals surface area contributed by atoms with Gasteiger partial charge >= 0.3 is 0 Å². The summed E-state index contributed by atoms with van der Waals surface area (Å²) in [5, 5.41) is 17.1. The molecule has 0 saturated heterocycles. The molecule has 0 bridgehead atoms. The average molecular weight is 254 g/mol. The molecule has 1 unspecified atom stereocenters. The van der Waals surface area contributed by atoms with Gasteiger partial charge in [-0.05, 0) is 43.4 Å². The Morgan fingerprint density at radius 2 is 2.00 bits per heavy atom. The Labute approximate surface area is 113 Å². The second-order valence-electron chi connectivity index (χ2n) is 4.61. The van der Waals surface area contributed by atoms with Crippen LogP contribution in [-0.2, 0) is 13.0 Å². The number of hydrogen-bond acceptors (Lipinski definition) is 3. The molecule has 0 fully saturated rings. The van der Waals surface area contributed by atoms with Crippen LogP contribution in [0, 0.1) is 11.3 Å². The minimum Gasteiger partial charge on any atom is -0.253 e. The van der Waals surface area contributed by atoms with Crippen LogP contribution in [0.15, 0.2) is 30.5 Å². The lowest BCUT2D eigenvalue weighted by Crippen LogP contribution is -2.02. The van der Waals surface area contributed by atoms with Gasteiger partial charge < -0.3 is 0 Å². The summed E-state index contributed by atoms with van der Waals surface area (Å²) in [6, 6.07) is 9.98. The minimum absolute atomic E-state index is 0.426. The lowest BCUT2D eigenvalue weighted by Gasteiger charge is -2.13. The highest BCUT2D eigenvalue weighted by molar-refractivity contribution is 5.33. The van der Waals surface area contributed by atoms with Crippen LogP contribution in [0.1, 0.15) is 43.0 Å². The molecule has 0 radical (unpaired) electrons. The lowest BCUT2D eigenvalue weighted by molar-refractivity contribution is 0.624. The molecule has 0 amide bonds. The van der Waals surface area contributed by atoms with Crippen molar-refractivity contribution >= 4 is 0 Å². The first-order valence-electron chi connectivity index (χ1n) is 6.65. The third kappa shape index (κ3) is 3.19. The highest BCUT2D eigenvalue weighted by Gasteiger charge is 2.12. The molecule has 0 aliphatic heterocycles. The van der Waals surface area contributed by atoms with E-state index in [4.69, 9.17) is 5.26 Å². The van der Waals surface area contributed by atoms with Crippen LogP contribution in [0.25, 0.3) is 0 Å². The first kappa shape index (κ1) is 13.3. The van der Waals surface area contributed by atoms with Crippen LogP contribution in [0.3, 0.4) is 0 Å². The number of nitriles is 1. The molecule has 4 nitrogen and oxygen atoms in total. The molecule has 1 heterocycles. The second kappa shape index (κ2) is 6.14. The third-order valence-corrected chi connectivity index (χ3v) is 3.37. The van der Waals surface area contributed by atoms with Crippen LogP contribution in [-0.4, -0.2) is 15.0 Å². The Bertz CT molecular complexity index is 563. The maximum Gasteiger partial charge on any atom is 0.0991 e. The summed E-state index contributed by atoms with van der Waals surface area (Å²) in [6.07, 6.45) is 3.94. The predicted octanol–water partition coefficient (Wildman–Crippen LogP) is 2.91. The Morgan fingerprint density at radius 1 is 1.26 bits per heavy atom. The fourth-order valence-electron chi connectivity index (χ4n) is 2.17. The summed E-state index contributed by atoms with van der Waals surface area (Å²) in [6.45, 7) is 5.07. The summed E-state index contributed by atoms with van der Waals surface area (Å²) in [7, 11) is 0. The summed E-state index contributed by atoms with van der Waals surface area (Å²) >= 11 is 0. The van der Waals surface area contributed by atoms with E-state index in [1.807, 2.05) is 35.1 Å². The van der Waals surface area contributed by atoms with Crippen molar-refractivity contribution in [1.29, 1.82) is 5.26 Å². The van der Waals surface area contributed by atoms with Crippen molar-refractivity contribution in [2.75, 3.05) is 0 Å². The maximum atomic E-state index is 8.82. The van der Waals surface area contributed by atoms with Gasteiger partial charge in [0.15, 0.2) is 0 Å². The van der Waals surface area contributed by atoms with E-state index in [0.717, 1.165) is 25.1 Å². The van der Waals surface area contributed by atoms with E-state index in [-0.39, 0.29) is 0 Å². The van der Waals surface area contributed by atoms with Crippen molar-refractivity contribution in [1.82, 2.24) is 15.0 Å². The monoisotopic (exact) mass is 254 g/mol. The zero-order valence-corrected chi connectivity index (χ0v) is 11.4. The van der Waals surface area contributed by atoms with E-state index >= 15 is 0 Å². The summed E-state index contributed by atoms with van der Waals surface area (Å²) in [5.74, 6) is 0.426. The van der Waals surface area contributed by atoms with Crippen LogP contribution in [0.5, 0.6) is 0 Å². The topological polar surface area (TPSA) is 54.5 Å². The molecular weight excluding hydrogens is 236 g/mol. The molecule has 0 N–H and O–H groups in total. The van der Waals surface area contributed by atoms with Gasteiger partial charge in [-0.25, -0.2) is 0 Å². The van der Waals surface area contributed by atoms with Crippen LogP contribution < -0.4 is 0 Å². The molecular formula is C15H18N4. The number of aryl methyl sites for hydroxylation is 1. The van der Waals surface area contributed by atoms with Gasteiger partial charge in [0.2, 0.25) is 0 Å². The van der Waals surface area contributed by atoms with Crippen LogP contribution >= 0.6 is 0 Å². The van der Waals surface area contributed by atoms with Gasteiger partial charge in [0, 0.05) is 12.7 Å². The third-order valence-electron chi connectivity index (χ3n) is 3.37. The van der Waals surface area contributed by atoms with Gasteiger partial charge in [-0.3, -0.25) is 4.68 Å². The number of benzene rings is 1.